The van der Waals surface area contributed by atoms with Crippen LogP contribution < -0.4 is 5.32 Å². The Kier molecular flexibility index (Phi) is 3.19. The van der Waals surface area contributed by atoms with Crippen molar-refractivity contribution in [1.29, 1.82) is 0 Å². The molecule has 0 saturated carbocycles. The Morgan fingerprint density at radius 1 is 1.47 bits per heavy atom. The van der Waals surface area contributed by atoms with Crippen molar-refractivity contribution in [2.24, 2.45) is 0 Å². The summed E-state index contributed by atoms with van der Waals surface area (Å²) in [6, 6.07) is 5.76. The van der Waals surface area contributed by atoms with E-state index in [2.05, 4.69) is 12.2 Å². The second-order valence-corrected chi connectivity index (χ2v) is 5.66. The van der Waals surface area contributed by atoms with Gasteiger partial charge in [-0.25, -0.2) is 4.39 Å². The first-order chi connectivity index (χ1) is 7.15. The van der Waals surface area contributed by atoms with Crippen LogP contribution in [0.25, 0.3) is 0 Å². The number of aryl methyl sites for hydroxylation is 1. The van der Waals surface area contributed by atoms with Gasteiger partial charge in [-0.3, -0.25) is 0 Å². The van der Waals surface area contributed by atoms with Gasteiger partial charge in [0.25, 0.3) is 0 Å². The first kappa shape index (κ1) is 10.8. The van der Waals surface area contributed by atoms with Crippen molar-refractivity contribution in [3.05, 3.63) is 29.6 Å². The van der Waals surface area contributed by atoms with E-state index in [1.165, 1.54) is 12.5 Å². The molecule has 1 N–H and O–H groups in total. The number of nitrogens with one attached hydrogen (secondary N) is 1. The van der Waals surface area contributed by atoms with Crippen molar-refractivity contribution in [2.45, 2.75) is 31.6 Å². The molecule has 2 rings (SSSR count). The summed E-state index contributed by atoms with van der Waals surface area (Å²) in [5.41, 5.74) is 1.74. The van der Waals surface area contributed by atoms with E-state index in [9.17, 15) is 4.39 Å². The Morgan fingerprint density at radius 2 is 2.27 bits per heavy atom. The Morgan fingerprint density at radius 3 is 2.87 bits per heavy atom. The number of hydrogen-bond acceptors (Lipinski definition) is 2. The summed E-state index contributed by atoms with van der Waals surface area (Å²) in [5.74, 6) is 1.02. The molecule has 1 fully saturated rings. The highest BCUT2D eigenvalue weighted by atomic mass is 32.2. The predicted octanol–water partition coefficient (Wildman–Crippen LogP) is 3.44. The molecular weight excluding hydrogens is 209 g/mol. The predicted molar refractivity (Wildman–Crippen MR) is 65.1 cm³/mol. The lowest BCUT2D eigenvalue weighted by molar-refractivity contribution is 0.618. The highest BCUT2D eigenvalue weighted by Crippen LogP contribution is 2.28. The first-order valence-electron chi connectivity index (χ1n) is 5.29. The van der Waals surface area contributed by atoms with E-state index in [0.29, 0.717) is 11.6 Å². The third-order valence-electron chi connectivity index (χ3n) is 2.73. The van der Waals surface area contributed by atoms with Gasteiger partial charge in [0.1, 0.15) is 5.82 Å². The second kappa shape index (κ2) is 4.44. The van der Waals surface area contributed by atoms with Crippen LogP contribution in [0.15, 0.2) is 18.2 Å². The SMILES string of the molecule is Cc1cc(NC2CSC(C)C2)ccc1F. The molecule has 1 aromatic carbocycles. The zero-order valence-corrected chi connectivity index (χ0v) is 9.90. The highest BCUT2D eigenvalue weighted by Gasteiger charge is 2.21. The molecule has 0 aromatic heterocycles. The number of benzene rings is 1. The lowest BCUT2D eigenvalue weighted by atomic mass is 10.1. The molecule has 1 heterocycles. The van der Waals surface area contributed by atoms with Crippen molar-refractivity contribution in [1.82, 2.24) is 0 Å². The van der Waals surface area contributed by atoms with E-state index in [1.807, 2.05) is 23.9 Å². The molecule has 0 radical (unpaired) electrons. The molecule has 0 amide bonds. The maximum atomic E-state index is 13.0. The minimum Gasteiger partial charge on any atom is -0.381 e. The van der Waals surface area contributed by atoms with Crippen LogP contribution in [0.1, 0.15) is 18.9 Å². The minimum atomic E-state index is -0.130. The van der Waals surface area contributed by atoms with Crippen molar-refractivity contribution in [3.63, 3.8) is 0 Å². The van der Waals surface area contributed by atoms with Gasteiger partial charge in [0.15, 0.2) is 0 Å². The molecule has 2 atom stereocenters. The van der Waals surface area contributed by atoms with Gasteiger partial charge < -0.3 is 5.32 Å². The van der Waals surface area contributed by atoms with Gasteiger partial charge in [0.2, 0.25) is 0 Å². The average Bonchev–Trinajstić information content (AvgIpc) is 2.58. The normalized spacial score (nSPS) is 25.5. The van der Waals surface area contributed by atoms with Gasteiger partial charge in [-0.05, 0) is 37.1 Å². The quantitative estimate of drug-likeness (QED) is 0.827. The molecule has 1 saturated heterocycles. The van der Waals surface area contributed by atoms with E-state index in [1.54, 1.807) is 6.92 Å². The smallest absolute Gasteiger partial charge is 0.126 e. The maximum absolute atomic E-state index is 13.0. The van der Waals surface area contributed by atoms with Gasteiger partial charge >= 0.3 is 0 Å². The Hall–Kier alpha value is -0.700. The summed E-state index contributed by atoms with van der Waals surface area (Å²) in [5, 5.41) is 4.19. The van der Waals surface area contributed by atoms with Crippen molar-refractivity contribution in [2.75, 3.05) is 11.1 Å². The third-order valence-corrected chi connectivity index (χ3v) is 4.08. The molecule has 0 bridgehead atoms. The molecule has 1 nitrogen and oxygen atoms in total. The lowest BCUT2D eigenvalue weighted by Gasteiger charge is -2.13. The molecule has 15 heavy (non-hydrogen) atoms. The van der Waals surface area contributed by atoms with Crippen LogP contribution in [0.2, 0.25) is 0 Å². The number of halogens is 1. The zero-order chi connectivity index (χ0) is 10.8. The molecule has 0 spiro atoms. The summed E-state index contributed by atoms with van der Waals surface area (Å²) in [4.78, 5) is 0. The average molecular weight is 225 g/mol. The van der Waals surface area contributed by atoms with E-state index in [-0.39, 0.29) is 5.82 Å². The van der Waals surface area contributed by atoms with E-state index >= 15 is 0 Å². The lowest BCUT2D eigenvalue weighted by Crippen LogP contribution is -2.18. The van der Waals surface area contributed by atoms with Gasteiger partial charge in [0.05, 0.1) is 0 Å². The second-order valence-electron chi connectivity index (χ2n) is 4.18. The number of anilines is 1. The molecule has 2 unspecified atom stereocenters. The monoisotopic (exact) mass is 225 g/mol. The van der Waals surface area contributed by atoms with E-state index < -0.39 is 0 Å². The summed E-state index contributed by atoms with van der Waals surface area (Å²) < 4.78 is 13.0. The Labute approximate surface area is 94.5 Å². The Bertz CT molecular complexity index is 353. The van der Waals surface area contributed by atoms with Crippen molar-refractivity contribution >= 4 is 17.4 Å². The van der Waals surface area contributed by atoms with Crippen LogP contribution in [-0.2, 0) is 0 Å². The molecule has 1 aliphatic heterocycles. The fourth-order valence-electron chi connectivity index (χ4n) is 1.89. The highest BCUT2D eigenvalue weighted by molar-refractivity contribution is 8.00. The van der Waals surface area contributed by atoms with Crippen LogP contribution in [0.5, 0.6) is 0 Å². The Balaban J connectivity index is 2.02. The van der Waals surface area contributed by atoms with E-state index in [0.717, 1.165) is 16.7 Å². The standard InChI is InChI=1S/C12H16FNS/c1-8-5-10(3-4-12(8)13)14-11-6-9(2)15-7-11/h3-5,9,11,14H,6-7H2,1-2H3. The summed E-state index contributed by atoms with van der Waals surface area (Å²) in [6.07, 6.45) is 1.20. The molecule has 1 aliphatic rings. The molecular formula is C12H16FNS. The van der Waals surface area contributed by atoms with Gasteiger partial charge in [-0.15, -0.1) is 0 Å². The number of thioether (sulfide) groups is 1. The van der Waals surface area contributed by atoms with Crippen LogP contribution in [0.4, 0.5) is 10.1 Å². The molecule has 82 valence electrons. The number of hydrogen-bond donors (Lipinski definition) is 1. The summed E-state index contributed by atoms with van der Waals surface area (Å²) in [7, 11) is 0. The minimum absolute atomic E-state index is 0.130. The van der Waals surface area contributed by atoms with E-state index in [4.69, 9.17) is 0 Å². The van der Waals surface area contributed by atoms with Crippen LogP contribution in [0.3, 0.4) is 0 Å². The summed E-state index contributed by atoms with van der Waals surface area (Å²) in [6.45, 7) is 4.05. The van der Waals surface area contributed by atoms with Gasteiger partial charge in [-0.2, -0.15) is 11.8 Å². The third kappa shape index (κ3) is 2.65. The van der Waals surface area contributed by atoms with Gasteiger partial charge in [-0.1, -0.05) is 6.92 Å². The van der Waals surface area contributed by atoms with Gasteiger partial charge in [0, 0.05) is 22.7 Å². The molecule has 0 aliphatic carbocycles. The molecule has 3 heteroatoms. The van der Waals surface area contributed by atoms with Crippen molar-refractivity contribution < 1.29 is 4.39 Å². The molecule has 1 aromatic rings. The zero-order valence-electron chi connectivity index (χ0n) is 9.09. The topological polar surface area (TPSA) is 12.0 Å². The summed E-state index contributed by atoms with van der Waals surface area (Å²) >= 11 is 2.00. The largest absolute Gasteiger partial charge is 0.381 e. The number of rotatable bonds is 2. The fourth-order valence-corrected chi connectivity index (χ4v) is 3.04. The van der Waals surface area contributed by atoms with Crippen LogP contribution >= 0.6 is 11.8 Å². The maximum Gasteiger partial charge on any atom is 0.126 e. The van der Waals surface area contributed by atoms with Crippen molar-refractivity contribution in [3.8, 4) is 0 Å². The fraction of sp³-hybridized carbons (Fsp3) is 0.500. The van der Waals surface area contributed by atoms with Crippen LogP contribution in [-0.4, -0.2) is 17.0 Å². The first-order valence-corrected chi connectivity index (χ1v) is 6.34. The van der Waals surface area contributed by atoms with Crippen LogP contribution in [0, 0.1) is 12.7 Å².